The van der Waals surface area contributed by atoms with Gasteiger partial charge in [0.2, 0.25) is 10.0 Å². The second-order valence-corrected chi connectivity index (χ2v) is 8.79. The summed E-state index contributed by atoms with van der Waals surface area (Å²) in [6.07, 6.45) is 11.6. The first-order chi connectivity index (χ1) is 8.99. The molecule has 3 fully saturated rings. The summed E-state index contributed by atoms with van der Waals surface area (Å²) in [5.41, 5.74) is 0.740. The third-order valence-corrected chi connectivity index (χ3v) is 6.73. The largest absolute Gasteiger partial charge is 0.312 e. The van der Waals surface area contributed by atoms with Gasteiger partial charge in [0.1, 0.15) is 0 Å². The Morgan fingerprint density at radius 3 is 2.42 bits per heavy atom. The van der Waals surface area contributed by atoms with Crippen molar-refractivity contribution in [2.75, 3.05) is 19.3 Å². The SMILES string of the molecule is CS(=O)(=O)N1CCC[C@@H]1CNC1CCC2(CC1)CC2. The summed E-state index contributed by atoms with van der Waals surface area (Å²) in [5.74, 6) is 0. The van der Waals surface area contributed by atoms with Crippen molar-refractivity contribution in [3.63, 3.8) is 0 Å². The zero-order valence-corrected chi connectivity index (χ0v) is 12.7. The van der Waals surface area contributed by atoms with Gasteiger partial charge in [-0.25, -0.2) is 8.42 Å². The van der Waals surface area contributed by atoms with E-state index in [2.05, 4.69) is 5.32 Å². The summed E-state index contributed by atoms with van der Waals surface area (Å²) in [4.78, 5) is 0. The minimum Gasteiger partial charge on any atom is -0.312 e. The zero-order valence-electron chi connectivity index (χ0n) is 11.9. The van der Waals surface area contributed by atoms with Crippen molar-refractivity contribution in [2.45, 2.75) is 63.5 Å². The number of nitrogens with zero attached hydrogens (tertiary/aromatic N) is 1. The van der Waals surface area contributed by atoms with Crippen LogP contribution < -0.4 is 5.32 Å². The molecule has 0 bridgehead atoms. The van der Waals surface area contributed by atoms with Crippen LogP contribution >= 0.6 is 0 Å². The molecule has 0 aromatic carbocycles. The van der Waals surface area contributed by atoms with Gasteiger partial charge in [-0.1, -0.05) is 0 Å². The zero-order chi connectivity index (χ0) is 13.5. The van der Waals surface area contributed by atoms with Gasteiger partial charge in [-0.3, -0.25) is 0 Å². The maximum Gasteiger partial charge on any atom is 0.211 e. The summed E-state index contributed by atoms with van der Waals surface area (Å²) in [6, 6.07) is 0.806. The molecule has 1 aliphatic heterocycles. The average molecular weight is 286 g/mol. The van der Waals surface area contributed by atoms with E-state index >= 15 is 0 Å². The molecule has 2 saturated carbocycles. The van der Waals surface area contributed by atoms with Crippen molar-refractivity contribution in [3.8, 4) is 0 Å². The Bertz CT molecular complexity index is 421. The molecule has 0 unspecified atom stereocenters. The maximum atomic E-state index is 11.7. The van der Waals surface area contributed by atoms with Crippen LogP contribution in [0.1, 0.15) is 51.4 Å². The second kappa shape index (κ2) is 5.01. The normalized spacial score (nSPS) is 31.9. The summed E-state index contributed by atoms with van der Waals surface area (Å²) < 4.78 is 25.1. The predicted octanol–water partition coefficient (Wildman–Crippen LogP) is 1.72. The molecule has 110 valence electrons. The summed E-state index contributed by atoms with van der Waals surface area (Å²) >= 11 is 0. The van der Waals surface area contributed by atoms with E-state index in [1.165, 1.54) is 44.8 Å². The van der Waals surface area contributed by atoms with Gasteiger partial charge in [0, 0.05) is 25.2 Å². The topological polar surface area (TPSA) is 49.4 Å². The smallest absolute Gasteiger partial charge is 0.211 e. The molecule has 2 aliphatic carbocycles. The number of hydrogen-bond donors (Lipinski definition) is 1. The van der Waals surface area contributed by atoms with Crippen LogP contribution in [0.5, 0.6) is 0 Å². The third-order valence-electron chi connectivity index (χ3n) is 5.39. The number of nitrogens with one attached hydrogen (secondary N) is 1. The monoisotopic (exact) mass is 286 g/mol. The van der Waals surface area contributed by atoms with Crippen molar-refractivity contribution in [1.82, 2.24) is 9.62 Å². The third kappa shape index (κ3) is 3.14. The van der Waals surface area contributed by atoms with E-state index in [1.54, 1.807) is 4.31 Å². The van der Waals surface area contributed by atoms with Gasteiger partial charge >= 0.3 is 0 Å². The van der Waals surface area contributed by atoms with Crippen LogP contribution in [0.2, 0.25) is 0 Å². The molecule has 1 atom stereocenters. The Hall–Kier alpha value is -0.130. The van der Waals surface area contributed by atoms with Crippen LogP contribution in [0.3, 0.4) is 0 Å². The molecule has 4 nitrogen and oxygen atoms in total. The highest BCUT2D eigenvalue weighted by Crippen LogP contribution is 2.56. The lowest BCUT2D eigenvalue weighted by Gasteiger charge is -2.31. The van der Waals surface area contributed by atoms with Crippen LogP contribution in [0.15, 0.2) is 0 Å². The van der Waals surface area contributed by atoms with Gasteiger partial charge in [0.25, 0.3) is 0 Å². The van der Waals surface area contributed by atoms with E-state index in [4.69, 9.17) is 0 Å². The lowest BCUT2D eigenvalue weighted by Crippen LogP contribution is -2.44. The lowest BCUT2D eigenvalue weighted by molar-refractivity contribution is 0.261. The van der Waals surface area contributed by atoms with Crippen LogP contribution in [0, 0.1) is 5.41 Å². The first-order valence-electron chi connectivity index (χ1n) is 7.69. The quantitative estimate of drug-likeness (QED) is 0.856. The minimum atomic E-state index is -3.02. The van der Waals surface area contributed by atoms with Crippen LogP contribution in [-0.2, 0) is 10.0 Å². The Labute approximate surface area is 117 Å². The molecule has 19 heavy (non-hydrogen) atoms. The van der Waals surface area contributed by atoms with Crippen LogP contribution in [0.4, 0.5) is 0 Å². The summed E-state index contributed by atoms with van der Waals surface area (Å²) in [5, 5.41) is 3.63. The van der Waals surface area contributed by atoms with Crippen LogP contribution in [0.25, 0.3) is 0 Å². The number of rotatable bonds is 4. The van der Waals surface area contributed by atoms with Crippen molar-refractivity contribution in [2.24, 2.45) is 5.41 Å². The van der Waals surface area contributed by atoms with Gasteiger partial charge in [0.15, 0.2) is 0 Å². The fourth-order valence-corrected chi connectivity index (χ4v) is 5.05. The minimum absolute atomic E-state index is 0.187. The first-order valence-corrected chi connectivity index (χ1v) is 9.54. The molecule has 5 heteroatoms. The van der Waals surface area contributed by atoms with Gasteiger partial charge in [0.05, 0.1) is 6.26 Å². The van der Waals surface area contributed by atoms with E-state index in [0.29, 0.717) is 12.6 Å². The molecular formula is C14H26N2O2S. The number of sulfonamides is 1. The van der Waals surface area contributed by atoms with Gasteiger partial charge in [-0.2, -0.15) is 4.31 Å². The lowest BCUT2D eigenvalue weighted by atomic mass is 9.83. The molecule has 3 rings (SSSR count). The van der Waals surface area contributed by atoms with Crippen molar-refractivity contribution >= 4 is 10.0 Å². The van der Waals surface area contributed by atoms with E-state index in [1.807, 2.05) is 0 Å². The van der Waals surface area contributed by atoms with Gasteiger partial charge < -0.3 is 5.32 Å². The van der Waals surface area contributed by atoms with E-state index in [-0.39, 0.29) is 6.04 Å². The van der Waals surface area contributed by atoms with Crippen molar-refractivity contribution in [1.29, 1.82) is 0 Å². The molecule has 3 aliphatic rings. The molecule has 1 N–H and O–H groups in total. The van der Waals surface area contributed by atoms with Crippen molar-refractivity contribution in [3.05, 3.63) is 0 Å². The molecule has 0 amide bonds. The molecule has 0 aromatic heterocycles. The van der Waals surface area contributed by atoms with Gasteiger partial charge in [-0.05, 0) is 56.8 Å². The Balaban J connectivity index is 1.47. The standard InChI is InChI=1S/C14H26N2O2S/c1-19(17,18)16-10-2-3-13(16)11-15-12-4-6-14(7-5-12)8-9-14/h12-13,15H,2-11H2,1H3/t13-/m1/s1. The predicted molar refractivity (Wildman–Crippen MR) is 76.5 cm³/mol. The summed E-state index contributed by atoms with van der Waals surface area (Å²) in [6.45, 7) is 1.55. The Morgan fingerprint density at radius 1 is 1.16 bits per heavy atom. The average Bonchev–Trinajstić information content (AvgIpc) is 2.92. The van der Waals surface area contributed by atoms with Crippen LogP contribution in [-0.4, -0.2) is 44.2 Å². The van der Waals surface area contributed by atoms with Gasteiger partial charge in [-0.15, -0.1) is 0 Å². The Morgan fingerprint density at radius 2 is 1.84 bits per heavy atom. The molecular weight excluding hydrogens is 260 g/mol. The van der Waals surface area contributed by atoms with Crippen molar-refractivity contribution < 1.29 is 8.42 Å². The molecule has 0 aromatic rings. The summed E-state index contributed by atoms with van der Waals surface area (Å²) in [7, 11) is -3.02. The fourth-order valence-electron chi connectivity index (χ4n) is 3.86. The first kappa shape index (κ1) is 13.8. The molecule has 1 spiro atoms. The molecule has 1 heterocycles. The van der Waals surface area contributed by atoms with E-state index in [9.17, 15) is 8.42 Å². The Kier molecular flexibility index (Phi) is 3.65. The fraction of sp³-hybridized carbons (Fsp3) is 1.00. The molecule has 0 radical (unpaired) electrons. The maximum absolute atomic E-state index is 11.7. The molecule has 1 saturated heterocycles. The highest BCUT2D eigenvalue weighted by atomic mass is 32.2. The second-order valence-electron chi connectivity index (χ2n) is 6.85. The highest BCUT2D eigenvalue weighted by molar-refractivity contribution is 7.88. The number of hydrogen-bond acceptors (Lipinski definition) is 3. The van der Waals surface area contributed by atoms with E-state index in [0.717, 1.165) is 24.8 Å². The van der Waals surface area contributed by atoms with E-state index < -0.39 is 10.0 Å². The highest BCUT2D eigenvalue weighted by Gasteiger charge is 2.44.